The fraction of sp³-hybridized carbons (Fsp3) is 0.200. The molecule has 1 aromatic heterocycles. The van der Waals surface area contributed by atoms with Crippen LogP contribution >= 0.6 is 0 Å². The van der Waals surface area contributed by atoms with Gasteiger partial charge in [0.15, 0.2) is 11.4 Å². The van der Waals surface area contributed by atoms with Crippen LogP contribution in [0.1, 0.15) is 16.1 Å². The highest BCUT2D eigenvalue weighted by molar-refractivity contribution is 5.95. The monoisotopic (exact) mass is 308 g/mol. The van der Waals surface area contributed by atoms with Gasteiger partial charge < -0.3 is 10.1 Å². The van der Waals surface area contributed by atoms with Gasteiger partial charge in [0.2, 0.25) is 0 Å². The Labute approximate surface area is 123 Å². The van der Waals surface area contributed by atoms with Crippen LogP contribution in [0, 0.1) is 0 Å². The maximum absolute atomic E-state index is 12.6. The lowest BCUT2D eigenvalue weighted by Gasteiger charge is -2.09. The summed E-state index contributed by atoms with van der Waals surface area (Å²) < 4.78 is 43.1. The van der Waals surface area contributed by atoms with Crippen molar-refractivity contribution >= 4 is 5.91 Å². The number of alkyl halides is 3. The summed E-state index contributed by atoms with van der Waals surface area (Å²) >= 11 is 0. The molecule has 4 nitrogen and oxygen atoms in total. The zero-order valence-corrected chi connectivity index (χ0v) is 11.3. The lowest BCUT2D eigenvalue weighted by molar-refractivity contribution is -0.137. The van der Waals surface area contributed by atoms with Crippen molar-refractivity contribution in [3.8, 4) is 17.0 Å². The Morgan fingerprint density at radius 3 is 2.50 bits per heavy atom. The topological polar surface area (TPSA) is 51.2 Å². The Bertz CT molecular complexity index is 712. The molecule has 0 bridgehead atoms. The standard InChI is InChI=1S/C15H11F3N2O2/c16-15(17,18)10-3-1-9(2-4-10)11-5-6-12-13(20-11)14(21)19-7-8-22-12/h1-6H,7-8H2,(H,19,21). The molecular weight excluding hydrogens is 297 g/mol. The number of fused-ring (bicyclic) bond motifs is 1. The molecule has 0 radical (unpaired) electrons. The molecular formula is C15H11F3N2O2. The Hall–Kier alpha value is -2.57. The quantitative estimate of drug-likeness (QED) is 0.881. The van der Waals surface area contributed by atoms with Crippen molar-refractivity contribution in [2.24, 2.45) is 0 Å². The number of hydrogen-bond donors (Lipinski definition) is 1. The molecule has 0 spiro atoms. The first-order valence-corrected chi connectivity index (χ1v) is 6.55. The number of hydrogen-bond acceptors (Lipinski definition) is 3. The average molecular weight is 308 g/mol. The summed E-state index contributed by atoms with van der Waals surface area (Å²) in [5.74, 6) is 0.00641. The fourth-order valence-corrected chi connectivity index (χ4v) is 2.13. The Morgan fingerprint density at radius 1 is 1.09 bits per heavy atom. The van der Waals surface area contributed by atoms with E-state index in [4.69, 9.17) is 4.74 Å². The lowest BCUT2D eigenvalue weighted by Crippen LogP contribution is -2.25. The molecule has 2 heterocycles. The molecule has 114 valence electrons. The number of pyridine rings is 1. The van der Waals surface area contributed by atoms with Gasteiger partial charge in [0, 0.05) is 5.56 Å². The van der Waals surface area contributed by atoms with Crippen molar-refractivity contribution in [1.82, 2.24) is 10.3 Å². The second-order valence-corrected chi connectivity index (χ2v) is 4.72. The van der Waals surface area contributed by atoms with Gasteiger partial charge >= 0.3 is 6.18 Å². The minimum atomic E-state index is -4.38. The molecule has 3 rings (SSSR count). The van der Waals surface area contributed by atoms with Gasteiger partial charge in [-0.25, -0.2) is 4.98 Å². The third-order valence-electron chi connectivity index (χ3n) is 3.23. The summed E-state index contributed by atoms with van der Waals surface area (Å²) in [5, 5.41) is 2.63. The summed E-state index contributed by atoms with van der Waals surface area (Å²) in [4.78, 5) is 16.1. The highest BCUT2D eigenvalue weighted by Crippen LogP contribution is 2.31. The molecule has 0 saturated heterocycles. The third kappa shape index (κ3) is 2.74. The summed E-state index contributed by atoms with van der Waals surface area (Å²) in [6.45, 7) is 0.727. The predicted molar refractivity (Wildman–Crippen MR) is 72.5 cm³/mol. The molecule has 1 N–H and O–H groups in total. The van der Waals surface area contributed by atoms with Crippen LogP contribution in [-0.2, 0) is 6.18 Å². The van der Waals surface area contributed by atoms with E-state index in [1.54, 1.807) is 12.1 Å². The van der Waals surface area contributed by atoms with Crippen LogP contribution in [0.5, 0.6) is 5.75 Å². The molecule has 7 heteroatoms. The van der Waals surface area contributed by atoms with Crippen LogP contribution in [0.3, 0.4) is 0 Å². The number of aromatic nitrogens is 1. The van der Waals surface area contributed by atoms with Crippen LogP contribution in [0.25, 0.3) is 11.3 Å². The summed E-state index contributed by atoms with van der Waals surface area (Å²) in [6.07, 6.45) is -4.38. The normalized spacial score (nSPS) is 14.6. The van der Waals surface area contributed by atoms with Crippen LogP contribution in [0.2, 0.25) is 0 Å². The Morgan fingerprint density at radius 2 is 1.82 bits per heavy atom. The molecule has 22 heavy (non-hydrogen) atoms. The number of rotatable bonds is 1. The van der Waals surface area contributed by atoms with Gasteiger partial charge in [0.25, 0.3) is 5.91 Å². The average Bonchev–Trinajstić information content (AvgIpc) is 2.68. The van der Waals surface area contributed by atoms with Gasteiger partial charge in [0.1, 0.15) is 6.61 Å². The summed E-state index contributed by atoms with van der Waals surface area (Å²) in [6, 6.07) is 7.83. The van der Waals surface area contributed by atoms with Crippen molar-refractivity contribution < 1.29 is 22.7 Å². The predicted octanol–water partition coefficient (Wildman–Crippen LogP) is 2.89. The van der Waals surface area contributed by atoms with Crippen LogP contribution in [-0.4, -0.2) is 24.0 Å². The van der Waals surface area contributed by atoms with E-state index >= 15 is 0 Å². The van der Waals surface area contributed by atoms with E-state index in [0.29, 0.717) is 30.2 Å². The van der Waals surface area contributed by atoms with E-state index in [-0.39, 0.29) is 11.6 Å². The minimum absolute atomic E-state index is 0.134. The number of halogens is 3. The summed E-state index contributed by atoms with van der Waals surface area (Å²) in [7, 11) is 0. The van der Waals surface area contributed by atoms with Crippen molar-refractivity contribution in [2.75, 3.05) is 13.2 Å². The van der Waals surface area contributed by atoms with Gasteiger partial charge in [-0.15, -0.1) is 0 Å². The molecule has 0 unspecified atom stereocenters. The number of benzene rings is 1. The van der Waals surface area contributed by atoms with E-state index in [1.165, 1.54) is 12.1 Å². The highest BCUT2D eigenvalue weighted by Gasteiger charge is 2.30. The lowest BCUT2D eigenvalue weighted by atomic mass is 10.1. The SMILES string of the molecule is O=C1NCCOc2ccc(-c3ccc(C(F)(F)F)cc3)nc21. The molecule has 1 amide bonds. The van der Waals surface area contributed by atoms with Crippen LogP contribution < -0.4 is 10.1 Å². The van der Waals surface area contributed by atoms with E-state index in [9.17, 15) is 18.0 Å². The molecule has 0 aliphatic carbocycles. The minimum Gasteiger partial charge on any atom is -0.489 e. The first-order chi connectivity index (χ1) is 10.4. The highest BCUT2D eigenvalue weighted by atomic mass is 19.4. The fourth-order valence-electron chi connectivity index (χ4n) is 2.13. The largest absolute Gasteiger partial charge is 0.489 e. The maximum Gasteiger partial charge on any atom is 0.416 e. The number of carbonyl (C=O) groups excluding carboxylic acids is 1. The molecule has 0 atom stereocenters. The zero-order valence-electron chi connectivity index (χ0n) is 11.3. The zero-order chi connectivity index (χ0) is 15.7. The second-order valence-electron chi connectivity index (χ2n) is 4.72. The van der Waals surface area contributed by atoms with E-state index in [2.05, 4.69) is 10.3 Å². The molecule has 0 saturated carbocycles. The van der Waals surface area contributed by atoms with Crippen LogP contribution in [0.15, 0.2) is 36.4 Å². The van der Waals surface area contributed by atoms with Crippen LogP contribution in [0.4, 0.5) is 13.2 Å². The number of nitrogens with zero attached hydrogens (tertiary/aromatic N) is 1. The van der Waals surface area contributed by atoms with Crippen molar-refractivity contribution in [3.63, 3.8) is 0 Å². The van der Waals surface area contributed by atoms with Gasteiger partial charge in [-0.3, -0.25) is 4.79 Å². The maximum atomic E-state index is 12.6. The summed E-state index contributed by atoms with van der Waals surface area (Å²) in [5.41, 5.74) is 0.308. The number of amides is 1. The van der Waals surface area contributed by atoms with Gasteiger partial charge in [-0.05, 0) is 24.3 Å². The molecule has 1 aliphatic heterocycles. The number of nitrogens with one attached hydrogen (secondary N) is 1. The van der Waals surface area contributed by atoms with Gasteiger partial charge in [-0.2, -0.15) is 13.2 Å². The van der Waals surface area contributed by atoms with Crippen molar-refractivity contribution in [2.45, 2.75) is 6.18 Å². The van der Waals surface area contributed by atoms with Crippen molar-refractivity contribution in [1.29, 1.82) is 0 Å². The Kier molecular flexibility index (Phi) is 3.48. The first-order valence-electron chi connectivity index (χ1n) is 6.55. The smallest absolute Gasteiger partial charge is 0.416 e. The van der Waals surface area contributed by atoms with Gasteiger partial charge in [-0.1, -0.05) is 12.1 Å². The van der Waals surface area contributed by atoms with E-state index in [1.807, 2.05) is 0 Å². The second kappa shape index (κ2) is 5.32. The number of carbonyl (C=O) groups is 1. The Balaban J connectivity index is 1.97. The number of ether oxygens (including phenoxy) is 1. The molecule has 1 aromatic carbocycles. The third-order valence-corrected chi connectivity index (χ3v) is 3.23. The van der Waals surface area contributed by atoms with Crippen molar-refractivity contribution in [3.05, 3.63) is 47.7 Å². The van der Waals surface area contributed by atoms with E-state index < -0.39 is 11.7 Å². The molecule has 2 aromatic rings. The van der Waals surface area contributed by atoms with Gasteiger partial charge in [0.05, 0.1) is 17.8 Å². The molecule has 0 fully saturated rings. The van der Waals surface area contributed by atoms with E-state index in [0.717, 1.165) is 12.1 Å². The first kappa shape index (κ1) is 14.4. The molecule has 1 aliphatic rings.